The quantitative estimate of drug-likeness (QED) is 0.665. The summed E-state index contributed by atoms with van der Waals surface area (Å²) in [5.74, 6) is 4.89. The Morgan fingerprint density at radius 3 is 2.08 bits per heavy atom. The molecule has 0 radical (unpaired) electrons. The SMILES string of the molecule is C#Cc1ccc(-c2noc(-c3cc(OC)c(OC)c(OC)c3)n2)cc1. The number of aromatic nitrogens is 2. The van der Waals surface area contributed by atoms with Crippen LogP contribution in [0.25, 0.3) is 22.8 Å². The highest BCUT2D eigenvalue weighted by molar-refractivity contribution is 5.67. The molecule has 0 aliphatic carbocycles. The van der Waals surface area contributed by atoms with Crippen molar-refractivity contribution in [3.05, 3.63) is 42.0 Å². The van der Waals surface area contributed by atoms with Crippen molar-refractivity contribution in [3.8, 4) is 52.4 Å². The first-order valence-corrected chi connectivity index (χ1v) is 7.41. The van der Waals surface area contributed by atoms with E-state index in [0.717, 1.165) is 11.1 Å². The molecule has 25 heavy (non-hydrogen) atoms. The number of methoxy groups -OCH3 is 3. The Balaban J connectivity index is 2.00. The molecule has 0 bridgehead atoms. The molecule has 6 heteroatoms. The van der Waals surface area contributed by atoms with E-state index in [1.165, 1.54) is 0 Å². The summed E-state index contributed by atoms with van der Waals surface area (Å²) in [4.78, 5) is 4.43. The third kappa shape index (κ3) is 3.12. The maximum atomic E-state index is 5.38. The summed E-state index contributed by atoms with van der Waals surface area (Å²) in [7, 11) is 4.64. The van der Waals surface area contributed by atoms with E-state index in [2.05, 4.69) is 16.1 Å². The number of hydrogen-bond donors (Lipinski definition) is 0. The minimum absolute atomic E-state index is 0.343. The number of terminal acetylenes is 1. The van der Waals surface area contributed by atoms with Gasteiger partial charge in [-0.05, 0) is 36.4 Å². The van der Waals surface area contributed by atoms with Crippen LogP contribution < -0.4 is 14.2 Å². The first-order valence-electron chi connectivity index (χ1n) is 7.41. The molecular formula is C19H16N2O4. The third-order valence-corrected chi connectivity index (χ3v) is 3.65. The lowest BCUT2D eigenvalue weighted by atomic mass is 10.1. The van der Waals surface area contributed by atoms with Crippen LogP contribution in [0.5, 0.6) is 17.2 Å². The van der Waals surface area contributed by atoms with Gasteiger partial charge in [0.15, 0.2) is 11.5 Å². The summed E-state index contributed by atoms with van der Waals surface area (Å²) in [5, 5.41) is 4.02. The van der Waals surface area contributed by atoms with Gasteiger partial charge in [-0.3, -0.25) is 0 Å². The van der Waals surface area contributed by atoms with Gasteiger partial charge in [0, 0.05) is 16.7 Å². The largest absolute Gasteiger partial charge is 0.493 e. The highest BCUT2D eigenvalue weighted by atomic mass is 16.5. The van der Waals surface area contributed by atoms with Gasteiger partial charge >= 0.3 is 0 Å². The van der Waals surface area contributed by atoms with E-state index in [0.29, 0.717) is 34.5 Å². The summed E-state index contributed by atoms with van der Waals surface area (Å²) >= 11 is 0. The second-order valence-corrected chi connectivity index (χ2v) is 5.06. The normalized spacial score (nSPS) is 10.2. The lowest BCUT2D eigenvalue weighted by molar-refractivity contribution is 0.324. The molecule has 0 atom stereocenters. The van der Waals surface area contributed by atoms with E-state index >= 15 is 0 Å². The lowest BCUT2D eigenvalue weighted by Crippen LogP contribution is -1.95. The Morgan fingerprint density at radius 2 is 1.56 bits per heavy atom. The van der Waals surface area contributed by atoms with Crippen LogP contribution in [0, 0.1) is 12.3 Å². The highest BCUT2D eigenvalue weighted by Gasteiger charge is 2.18. The van der Waals surface area contributed by atoms with Crippen molar-refractivity contribution in [2.75, 3.05) is 21.3 Å². The van der Waals surface area contributed by atoms with Gasteiger partial charge in [-0.25, -0.2) is 0 Å². The molecule has 0 N–H and O–H groups in total. The average Bonchev–Trinajstić information content (AvgIpc) is 3.17. The Kier molecular flexibility index (Phi) is 4.57. The highest BCUT2D eigenvalue weighted by Crippen LogP contribution is 2.41. The Labute approximate surface area is 145 Å². The summed E-state index contributed by atoms with van der Waals surface area (Å²) in [6, 6.07) is 10.8. The topological polar surface area (TPSA) is 66.6 Å². The van der Waals surface area contributed by atoms with Crippen LogP contribution in [0.2, 0.25) is 0 Å². The van der Waals surface area contributed by atoms with E-state index in [9.17, 15) is 0 Å². The molecule has 126 valence electrons. The van der Waals surface area contributed by atoms with Gasteiger partial charge in [0.2, 0.25) is 11.6 Å². The van der Waals surface area contributed by atoms with Crippen LogP contribution in [-0.2, 0) is 0 Å². The minimum atomic E-state index is 0.343. The molecule has 0 saturated carbocycles. The number of benzene rings is 2. The van der Waals surface area contributed by atoms with Gasteiger partial charge < -0.3 is 18.7 Å². The van der Waals surface area contributed by atoms with Gasteiger partial charge in [-0.2, -0.15) is 4.98 Å². The molecule has 1 aromatic heterocycles. The average molecular weight is 336 g/mol. The molecule has 1 heterocycles. The van der Waals surface area contributed by atoms with Crippen LogP contribution in [0.4, 0.5) is 0 Å². The summed E-state index contributed by atoms with van der Waals surface area (Å²) in [6.45, 7) is 0. The zero-order valence-electron chi connectivity index (χ0n) is 14.1. The molecule has 3 aromatic rings. The van der Waals surface area contributed by atoms with Gasteiger partial charge in [0.1, 0.15) is 0 Å². The summed E-state index contributed by atoms with van der Waals surface area (Å²) < 4.78 is 21.4. The molecule has 0 spiro atoms. The third-order valence-electron chi connectivity index (χ3n) is 3.65. The monoisotopic (exact) mass is 336 g/mol. The Morgan fingerprint density at radius 1 is 0.920 bits per heavy atom. The molecule has 0 amide bonds. The minimum Gasteiger partial charge on any atom is -0.493 e. The van der Waals surface area contributed by atoms with Crippen molar-refractivity contribution in [3.63, 3.8) is 0 Å². The van der Waals surface area contributed by atoms with Crippen molar-refractivity contribution in [2.45, 2.75) is 0 Å². The summed E-state index contributed by atoms with van der Waals surface area (Å²) in [6.07, 6.45) is 5.36. The van der Waals surface area contributed by atoms with Crippen LogP contribution in [-0.4, -0.2) is 31.5 Å². The Bertz CT molecular complexity index is 898. The molecule has 0 fully saturated rings. The number of hydrogen-bond acceptors (Lipinski definition) is 6. The van der Waals surface area contributed by atoms with E-state index in [4.69, 9.17) is 25.2 Å². The zero-order chi connectivity index (χ0) is 17.8. The second-order valence-electron chi connectivity index (χ2n) is 5.06. The van der Waals surface area contributed by atoms with E-state index < -0.39 is 0 Å². The van der Waals surface area contributed by atoms with Crippen LogP contribution in [0.3, 0.4) is 0 Å². The van der Waals surface area contributed by atoms with Crippen molar-refractivity contribution in [1.29, 1.82) is 0 Å². The van der Waals surface area contributed by atoms with Crippen LogP contribution in [0.15, 0.2) is 40.9 Å². The van der Waals surface area contributed by atoms with Gasteiger partial charge in [-0.15, -0.1) is 6.42 Å². The number of nitrogens with zero attached hydrogens (tertiary/aromatic N) is 2. The molecule has 6 nitrogen and oxygen atoms in total. The van der Waals surface area contributed by atoms with Crippen molar-refractivity contribution in [1.82, 2.24) is 10.1 Å². The van der Waals surface area contributed by atoms with Gasteiger partial charge in [0.05, 0.1) is 21.3 Å². The van der Waals surface area contributed by atoms with Crippen molar-refractivity contribution in [2.24, 2.45) is 0 Å². The first-order chi connectivity index (χ1) is 12.2. The van der Waals surface area contributed by atoms with E-state index in [1.807, 2.05) is 24.3 Å². The van der Waals surface area contributed by atoms with Crippen LogP contribution >= 0.6 is 0 Å². The molecular weight excluding hydrogens is 320 g/mol. The molecule has 0 saturated heterocycles. The van der Waals surface area contributed by atoms with Crippen molar-refractivity contribution < 1.29 is 18.7 Å². The summed E-state index contributed by atoms with van der Waals surface area (Å²) in [5.41, 5.74) is 2.26. The Hall–Kier alpha value is -3.46. The zero-order valence-corrected chi connectivity index (χ0v) is 14.1. The molecule has 0 unspecified atom stereocenters. The van der Waals surface area contributed by atoms with E-state index in [1.54, 1.807) is 33.5 Å². The van der Waals surface area contributed by atoms with Gasteiger partial charge in [-0.1, -0.05) is 11.1 Å². The molecule has 0 aliphatic rings. The fourth-order valence-electron chi connectivity index (χ4n) is 2.38. The van der Waals surface area contributed by atoms with E-state index in [-0.39, 0.29) is 0 Å². The predicted molar refractivity (Wildman–Crippen MR) is 92.8 cm³/mol. The number of rotatable bonds is 5. The maximum Gasteiger partial charge on any atom is 0.258 e. The standard InChI is InChI=1S/C19H16N2O4/c1-5-12-6-8-13(9-7-12)18-20-19(25-21-18)14-10-15(22-2)17(24-4)16(11-14)23-3/h1,6-11H,2-4H3. The van der Waals surface area contributed by atoms with Crippen LogP contribution in [0.1, 0.15) is 5.56 Å². The first kappa shape index (κ1) is 16.4. The molecule has 2 aromatic carbocycles. The molecule has 3 rings (SSSR count). The fraction of sp³-hybridized carbons (Fsp3) is 0.158. The number of ether oxygens (including phenoxy) is 3. The smallest absolute Gasteiger partial charge is 0.258 e. The predicted octanol–water partition coefficient (Wildman–Crippen LogP) is 3.41. The maximum absolute atomic E-state index is 5.38. The van der Waals surface area contributed by atoms with Crippen molar-refractivity contribution >= 4 is 0 Å². The fourth-order valence-corrected chi connectivity index (χ4v) is 2.38. The van der Waals surface area contributed by atoms with Gasteiger partial charge in [0.25, 0.3) is 5.89 Å². The second kappa shape index (κ2) is 6.97. The lowest BCUT2D eigenvalue weighted by Gasteiger charge is -2.12. The molecule has 0 aliphatic heterocycles.